The van der Waals surface area contributed by atoms with Crippen LogP contribution in [0.4, 0.5) is 14.5 Å². The maximum absolute atomic E-state index is 13.1. The summed E-state index contributed by atoms with van der Waals surface area (Å²) in [6.45, 7) is 0.246. The first-order valence-corrected chi connectivity index (χ1v) is 5.60. The third-order valence-electron chi connectivity index (χ3n) is 2.42. The summed E-state index contributed by atoms with van der Waals surface area (Å²) < 4.78 is 26.2. The molecule has 0 aliphatic heterocycles. The van der Waals surface area contributed by atoms with Crippen molar-refractivity contribution in [1.82, 2.24) is 0 Å². The van der Waals surface area contributed by atoms with Gasteiger partial charge < -0.3 is 10.4 Å². The molecule has 0 atom stereocenters. The van der Waals surface area contributed by atoms with Crippen LogP contribution in [-0.4, -0.2) is 5.11 Å². The van der Waals surface area contributed by atoms with Gasteiger partial charge in [-0.25, -0.2) is 8.78 Å². The molecule has 0 aliphatic carbocycles. The molecule has 2 aromatic rings. The number of hydrogen-bond acceptors (Lipinski definition) is 2. The van der Waals surface area contributed by atoms with Crippen molar-refractivity contribution in [3.63, 3.8) is 0 Å². The normalized spacial score (nSPS) is 10.4. The predicted octanol–water partition coefficient (Wildman–Crippen LogP) is 3.94. The Morgan fingerprint density at radius 2 is 1.61 bits per heavy atom. The van der Waals surface area contributed by atoms with E-state index < -0.39 is 17.4 Å². The highest BCUT2D eigenvalue weighted by Crippen LogP contribution is 2.22. The molecule has 0 heterocycles. The quantitative estimate of drug-likeness (QED) is 0.885. The van der Waals surface area contributed by atoms with Gasteiger partial charge in [-0.05, 0) is 42.0 Å². The molecular formula is C13H10ClF2NO. The predicted molar refractivity (Wildman–Crippen MR) is 66.8 cm³/mol. The van der Waals surface area contributed by atoms with E-state index in [1.165, 1.54) is 0 Å². The molecule has 2 aromatic carbocycles. The first-order chi connectivity index (χ1) is 8.56. The molecular weight excluding hydrogens is 260 g/mol. The van der Waals surface area contributed by atoms with Gasteiger partial charge in [0.25, 0.3) is 0 Å². The topological polar surface area (TPSA) is 32.3 Å². The van der Waals surface area contributed by atoms with Crippen LogP contribution in [0.25, 0.3) is 0 Å². The summed E-state index contributed by atoms with van der Waals surface area (Å²) >= 11 is 5.73. The van der Waals surface area contributed by atoms with E-state index in [1.54, 1.807) is 24.3 Å². The molecule has 0 radical (unpaired) electrons. The van der Waals surface area contributed by atoms with Gasteiger partial charge in [0.05, 0.1) is 0 Å². The van der Waals surface area contributed by atoms with Crippen molar-refractivity contribution in [3.05, 3.63) is 58.6 Å². The summed E-state index contributed by atoms with van der Waals surface area (Å²) in [6.07, 6.45) is 0. The fourth-order valence-electron chi connectivity index (χ4n) is 1.49. The fourth-order valence-corrected chi connectivity index (χ4v) is 1.62. The molecule has 0 aliphatic rings. The van der Waals surface area contributed by atoms with Crippen molar-refractivity contribution < 1.29 is 13.9 Å². The van der Waals surface area contributed by atoms with Crippen LogP contribution < -0.4 is 5.32 Å². The Morgan fingerprint density at radius 1 is 1.06 bits per heavy atom. The van der Waals surface area contributed by atoms with Gasteiger partial charge in [0, 0.05) is 17.3 Å². The van der Waals surface area contributed by atoms with Crippen molar-refractivity contribution in [1.29, 1.82) is 0 Å². The van der Waals surface area contributed by atoms with Crippen LogP contribution in [0, 0.1) is 11.6 Å². The molecule has 2 rings (SSSR count). The number of halogens is 3. The SMILES string of the molecule is Oc1c(F)cc(CNc2ccc(Cl)cc2)cc1F. The van der Waals surface area contributed by atoms with E-state index in [0.29, 0.717) is 10.6 Å². The van der Waals surface area contributed by atoms with Crippen LogP contribution in [0.2, 0.25) is 5.02 Å². The zero-order valence-electron chi connectivity index (χ0n) is 9.25. The van der Waals surface area contributed by atoms with E-state index in [2.05, 4.69) is 5.32 Å². The third-order valence-corrected chi connectivity index (χ3v) is 2.67. The van der Waals surface area contributed by atoms with E-state index in [0.717, 1.165) is 17.8 Å². The standard InChI is InChI=1S/C13H10ClF2NO/c14-9-1-3-10(4-2-9)17-7-8-5-11(15)13(18)12(16)6-8/h1-6,17-18H,7H2. The van der Waals surface area contributed by atoms with Crippen molar-refractivity contribution >= 4 is 17.3 Å². The third kappa shape index (κ3) is 2.90. The van der Waals surface area contributed by atoms with Crippen LogP contribution in [0.3, 0.4) is 0 Å². The average Bonchev–Trinajstić information content (AvgIpc) is 2.35. The molecule has 0 unspecified atom stereocenters. The number of hydrogen-bond donors (Lipinski definition) is 2. The molecule has 0 spiro atoms. The number of aromatic hydroxyl groups is 1. The van der Waals surface area contributed by atoms with Crippen molar-refractivity contribution in [2.24, 2.45) is 0 Å². The second-order valence-corrected chi connectivity index (χ2v) is 4.20. The minimum Gasteiger partial charge on any atom is -0.503 e. The van der Waals surface area contributed by atoms with Crippen molar-refractivity contribution in [2.45, 2.75) is 6.54 Å². The highest BCUT2D eigenvalue weighted by Gasteiger charge is 2.09. The van der Waals surface area contributed by atoms with Gasteiger partial charge in [-0.3, -0.25) is 0 Å². The lowest BCUT2D eigenvalue weighted by atomic mass is 10.2. The first kappa shape index (κ1) is 12.6. The van der Waals surface area contributed by atoms with E-state index in [4.69, 9.17) is 16.7 Å². The molecule has 0 fully saturated rings. The first-order valence-electron chi connectivity index (χ1n) is 5.22. The van der Waals surface area contributed by atoms with Gasteiger partial charge in [-0.15, -0.1) is 0 Å². The second kappa shape index (κ2) is 5.23. The Morgan fingerprint density at radius 3 is 2.17 bits per heavy atom. The fraction of sp³-hybridized carbons (Fsp3) is 0.0769. The van der Waals surface area contributed by atoms with Gasteiger partial charge in [-0.2, -0.15) is 0 Å². The monoisotopic (exact) mass is 269 g/mol. The molecule has 94 valence electrons. The molecule has 2 nitrogen and oxygen atoms in total. The van der Waals surface area contributed by atoms with Gasteiger partial charge in [-0.1, -0.05) is 11.6 Å². The van der Waals surface area contributed by atoms with Gasteiger partial charge in [0.15, 0.2) is 17.4 Å². The highest BCUT2D eigenvalue weighted by molar-refractivity contribution is 6.30. The molecule has 0 aromatic heterocycles. The molecule has 0 saturated carbocycles. The Hall–Kier alpha value is -1.81. The van der Waals surface area contributed by atoms with Gasteiger partial charge in [0.1, 0.15) is 0 Å². The van der Waals surface area contributed by atoms with Gasteiger partial charge in [0.2, 0.25) is 0 Å². The van der Waals surface area contributed by atoms with E-state index in [9.17, 15) is 8.78 Å². The zero-order valence-corrected chi connectivity index (χ0v) is 10.0. The van der Waals surface area contributed by atoms with Crippen molar-refractivity contribution in [3.8, 4) is 5.75 Å². The maximum atomic E-state index is 13.1. The smallest absolute Gasteiger partial charge is 0.187 e. The number of benzene rings is 2. The number of nitrogens with one attached hydrogen (secondary N) is 1. The van der Waals surface area contributed by atoms with E-state index in [-0.39, 0.29) is 6.54 Å². The van der Waals surface area contributed by atoms with E-state index >= 15 is 0 Å². The molecule has 5 heteroatoms. The Kier molecular flexibility index (Phi) is 3.67. The van der Waals surface area contributed by atoms with Gasteiger partial charge >= 0.3 is 0 Å². The lowest BCUT2D eigenvalue weighted by Crippen LogP contribution is -2.00. The Balaban J connectivity index is 2.08. The molecule has 2 N–H and O–H groups in total. The number of rotatable bonds is 3. The largest absolute Gasteiger partial charge is 0.503 e. The lowest BCUT2D eigenvalue weighted by Gasteiger charge is -2.07. The summed E-state index contributed by atoms with van der Waals surface area (Å²) in [4.78, 5) is 0. The van der Waals surface area contributed by atoms with E-state index in [1.807, 2.05) is 0 Å². The number of anilines is 1. The second-order valence-electron chi connectivity index (χ2n) is 3.77. The van der Waals surface area contributed by atoms with Crippen molar-refractivity contribution in [2.75, 3.05) is 5.32 Å². The summed E-state index contributed by atoms with van der Waals surface area (Å²) in [6, 6.07) is 9.11. The van der Waals surface area contributed by atoms with Crippen LogP contribution in [0.1, 0.15) is 5.56 Å². The average molecular weight is 270 g/mol. The van der Waals surface area contributed by atoms with Crippen LogP contribution in [-0.2, 0) is 6.54 Å². The molecule has 0 bridgehead atoms. The lowest BCUT2D eigenvalue weighted by molar-refractivity contribution is 0.395. The Labute approximate surface area is 108 Å². The summed E-state index contributed by atoms with van der Waals surface area (Å²) in [5.41, 5.74) is 1.19. The number of phenolic OH excluding ortho intramolecular Hbond substituents is 1. The maximum Gasteiger partial charge on any atom is 0.187 e. The summed E-state index contributed by atoms with van der Waals surface area (Å²) in [5.74, 6) is -2.89. The zero-order chi connectivity index (χ0) is 13.1. The summed E-state index contributed by atoms with van der Waals surface area (Å²) in [5, 5.41) is 12.6. The molecule has 18 heavy (non-hydrogen) atoms. The molecule has 0 amide bonds. The highest BCUT2D eigenvalue weighted by atomic mass is 35.5. The summed E-state index contributed by atoms with van der Waals surface area (Å²) in [7, 11) is 0. The molecule has 0 saturated heterocycles. The number of phenols is 1. The minimum atomic E-state index is -0.970. The van der Waals surface area contributed by atoms with Crippen LogP contribution in [0.5, 0.6) is 5.75 Å². The van der Waals surface area contributed by atoms with Crippen LogP contribution >= 0.6 is 11.6 Å². The Bertz CT molecular complexity index is 534. The minimum absolute atomic E-state index is 0.246. The van der Waals surface area contributed by atoms with Crippen LogP contribution in [0.15, 0.2) is 36.4 Å².